The van der Waals surface area contributed by atoms with Crippen molar-refractivity contribution in [1.29, 1.82) is 0 Å². The Morgan fingerprint density at radius 2 is 1.75 bits per heavy atom. The maximum Gasteiger partial charge on any atom is 0.251 e. The Bertz CT molecular complexity index is 1010. The number of carbonyl (C=O) groups excluding carboxylic acids is 1. The second-order valence-electron chi connectivity index (χ2n) is 8.31. The molecule has 2 heterocycles. The second kappa shape index (κ2) is 10.5. The summed E-state index contributed by atoms with van der Waals surface area (Å²) in [6.07, 6.45) is 2.05. The van der Waals surface area contributed by atoms with E-state index >= 15 is 0 Å². The molecule has 1 aliphatic heterocycles. The van der Waals surface area contributed by atoms with Crippen LogP contribution in [0.1, 0.15) is 41.6 Å². The third-order valence-electron chi connectivity index (χ3n) is 5.97. The average Bonchev–Trinajstić information content (AvgIpc) is 3.20. The maximum absolute atomic E-state index is 12.2. The minimum Gasteiger partial charge on any atom is -0.441 e. The monoisotopic (exact) mass is 432 g/mol. The number of nitrogens with one attached hydrogen (secondary N) is 1. The van der Waals surface area contributed by atoms with E-state index in [-0.39, 0.29) is 5.91 Å². The number of para-hydroxylation sites is 1. The smallest absolute Gasteiger partial charge is 0.251 e. The lowest BCUT2D eigenvalue weighted by Gasteiger charge is -2.35. The summed E-state index contributed by atoms with van der Waals surface area (Å²) in [4.78, 5) is 21.8. The molecule has 1 aliphatic rings. The highest BCUT2D eigenvalue weighted by molar-refractivity contribution is 5.94. The van der Waals surface area contributed by atoms with Gasteiger partial charge in [-0.1, -0.05) is 31.5 Å². The Balaban J connectivity index is 1.34. The summed E-state index contributed by atoms with van der Waals surface area (Å²) in [7, 11) is 0. The molecule has 6 heteroatoms. The first kappa shape index (κ1) is 22.1. The van der Waals surface area contributed by atoms with Gasteiger partial charge in [-0.3, -0.25) is 9.69 Å². The number of unbranched alkanes of at least 4 members (excludes halogenated alkanes) is 1. The van der Waals surface area contributed by atoms with Gasteiger partial charge in [-0.2, -0.15) is 0 Å². The number of hydrogen-bond donors (Lipinski definition) is 1. The van der Waals surface area contributed by atoms with Gasteiger partial charge < -0.3 is 14.6 Å². The molecular formula is C26H32N4O2. The molecule has 1 N–H and O–H groups in total. The van der Waals surface area contributed by atoms with E-state index in [4.69, 9.17) is 9.40 Å². The molecule has 0 aliphatic carbocycles. The molecule has 0 spiro atoms. The molecule has 3 aromatic rings. The standard InChI is InChI=1S/C26H32N4O2/c1-3-4-14-27-25(31)21-10-12-22(13-11-21)26-28-24(20(2)32-26)19-29-15-17-30(18-16-29)23-8-6-5-7-9-23/h5-13H,3-4,14-19H2,1-2H3,(H,27,31). The molecular weight excluding hydrogens is 400 g/mol. The van der Waals surface area contributed by atoms with Crippen LogP contribution in [0.25, 0.3) is 11.5 Å². The largest absolute Gasteiger partial charge is 0.441 e. The van der Waals surface area contributed by atoms with E-state index in [1.807, 2.05) is 31.2 Å². The van der Waals surface area contributed by atoms with Crippen molar-refractivity contribution in [3.8, 4) is 11.5 Å². The van der Waals surface area contributed by atoms with E-state index in [0.29, 0.717) is 18.0 Å². The van der Waals surface area contributed by atoms with Crippen molar-refractivity contribution in [2.75, 3.05) is 37.6 Å². The van der Waals surface area contributed by atoms with Crippen LogP contribution in [0.15, 0.2) is 59.0 Å². The molecule has 2 aromatic carbocycles. The first-order valence-electron chi connectivity index (χ1n) is 11.5. The Kier molecular flexibility index (Phi) is 7.22. The molecule has 0 bridgehead atoms. The summed E-state index contributed by atoms with van der Waals surface area (Å²) < 4.78 is 5.96. The van der Waals surface area contributed by atoms with Crippen molar-refractivity contribution in [3.05, 3.63) is 71.6 Å². The van der Waals surface area contributed by atoms with Gasteiger partial charge in [0.1, 0.15) is 5.76 Å². The Morgan fingerprint density at radius 3 is 2.44 bits per heavy atom. The number of hydrogen-bond acceptors (Lipinski definition) is 5. The quantitative estimate of drug-likeness (QED) is 0.531. The van der Waals surface area contributed by atoms with Crippen LogP contribution in [0.4, 0.5) is 5.69 Å². The number of amides is 1. The van der Waals surface area contributed by atoms with Crippen LogP contribution < -0.4 is 10.2 Å². The fourth-order valence-corrected chi connectivity index (χ4v) is 3.96. The zero-order valence-corrected chi connectivity index (χ0v) is 19.0. The number of aromatic nitrogens is 1. The third kappa shape index (κ3) is 5.37. The van der Waals surface area contributed by atoms with Crippen LogP contribution in [0.5, 0.6) is 0 Å². The highest BCUT2D eigenvalue weighted by atomic mass is 16.4. The number of benzene rings is 2. The molecule has 4 rings (SSSR count). The number of aryl methyl sites for hydroxylation is 1. The Hall–Kier alpha value is -3.12. The molecule has 32 heavy (non-hydrogen) atoms. The minimum absolute atomic E-state index is 0.0380. The molecule has 0 saturated carbocycles. The highest BCUT2D eigenvalue weighted by Crippen LogP contribution is 2.24. The molecule has 1 amide bonds. The average molecular weight is 433 g/mol. The predicted molar refractivity (Wildman–Crippen MR) is 128 cm³/mol. The van der Waals surface area contributed by atoms with E-state index < -0.39 is 0 Å². The molecule has 0 unspecified atom stereocenters. The predicted octanol–water partition coefficient (Wildman–Crippen LogP) is 4.50. The number of oxazole rings is 1. The van der Waals surface area contributed by atoms with Crippen molar-refractivity contribution >= 4 is 11.6 Å². The van der Waals surface area contributed by atoms with E-state index in [1.165, 1.54) is 5.69 Å². The van der Waals surface area contributed by atoms with Gasteiger partial charge in [-0.25, -0.2) is 4.98 Å². The van der Waals surface area contributed by atoms with E-state index in [2.05, 4.69) is 52.4 Å². The summed E-state index contributed by atoms with van der Waals surface area (Å²) >= 11 is 0. The van der Waals surface area contributed by atoms with E-state index in [0.717, 1.165) is 62.6 Å². The van der Waals surface area contributed by atoms with E-state index in [9.17, 15) is 4.79 Å². The Labute approximate surface area is 190 Å². The van der Waals surface area contributed by atoms with Crippen LogP contribution in [0.3, 0.4) is 0 Å². The summed E-state index contributed by atoms with van der Waals surface area (Å²) in [5.41, 5.74) is 3.81. The molecule has 168 valence electrons. The molecule has 0 atom stereocenters. The van der Waals surface area contributed by atoms with Crippen molar-refractivity contribution in [2.45, 2.75) is 33.2 Å². The zero-order chi connectivity index (χ0) is 22.3. The van der Waals surface area contributed by atoms with Crippen LogP contribution >= 0.6 is 0 Å². The van der Waals surface area contributed by atoms with Gasteiger partial charge in [0.15, 0.2) is 0 Å². The van der Waals surface area contributed by atoms with Crippen LogP contribution in [0, 0.1) is 6.92 Å². The second-order valence-corrected chi connectivity index (χ2v) is 8.31. The van der Waals surface area contributed by atoms with Gasteiger partial charge in [0, 0.05) is 56.1 Å². The van der Waals surface area contributed by atoms with Crippen LogP contribution in [-0.4, -0.2) is 48.5 Å². The van der Waals surface area contributed by atoms with Crippen molar-refractivity contribution in [2.24, 2.45) is 0 Å². The summed E-state index contributed by atoms with van der Waals surface area (Å²) in [6, 6.07) is 18.1. The topological polar surface area (TPSA) is 61.6 Å². The number of carbonyl (C=O) groups is 1. The van der Waals surface area contributed by atoms with Crippen molar-refractivity contribution < 1.29 is 9.21 Å². The fraction of sp³-hybridized carbons (Fsp3) is 0.385. The first-order valence-corrected chi connectivity index (χ1v) is 11.5. The molecule has 0 radical (unpaired) electrons. The number of nitrogens with zero attached hydrogens (tertiary/aromatic N) is 3. The summed E-state index contributed by atoms with van der Waals surface area (Å²) in [5.74, 6) is 1.43. The van der Waals surface area contributed by atoms with Gasteiger partial charge in [-0.05, 0) is 49.7 Å². The van der Waals surface area contributed by atoms with Gasteiger partial charge in [0.2, 0.25) is 5.89 Å². The maximum atomic E-state index is 12.2. The lowest BCUT2D eigenvalue weighted by Crippen LogP contribution is -2.46. The van der Waals surface area contributed by atoms with E-state index in [1.54, 1.807) is 0 Å². The van der Waals surface area contributed by atoms with Gasteiger partial charge in [-0.15, -0.1) is 0 Å². The highest BCUT2D eigenvalue weighted by Gasteiger charge is 2.20. The molecule has 1 aromatic heterocycles. The van der Waals surface area contributed by atoms with Gasteiger partial charge in [0.25, 0.3) is 5.91 Å². The number of rotatable bonds is 8. The van der Waals surface area contributed by atoms with Crippen molar-refractivity contribution in [1.82, 2.24) is 15.2 Å². The minimum atomic E-state index is -0.0380. The molecule has 1 fully saturated rings. The zero-order valence-electron chi connectivity index (χ0n) is 19.0. The van der Waals surface area contributed by atoms with Crippen LogP contribution in [-0.2, 0) is 6.54 Å². The van der Waals surface area contributed by atoms with Gasteiger partial charge >= 0.3 is 0 Å². The summed E-state index contributed by atoms with van der Waals surface area (Å²) in [6.45, 7) is 9.59. The number of anilines is 1. The normalized spacial score (nSPS) is 14.5. The Morgan fingerprint density at radius 1 is 1.03 bits per heavy atom. The summed E-state index contributed by atoms with van der Waals surface area (Å²) in [5, 5.41) is 2.94. The third-order valence-corrected chi connectivity index (χ3v) is 5.97. The van der Waals surface area contributed by atoms with Gasteiger partial charge in [0.05, 0.1) is 5.69 Å². The lowest BCUT2D eigenvalue weighted by molar-refractivity contribution is 0.0953. The first-order chi connectivity index (χ1) is 15.6. The molecule has 6 nitrogen and oxygen atoms in total. The SMILES string of the molecule is CCCCNC(=O)c1ccc(-c2nc(CN3CCN(c4ccccc4)CC3)c(C)o2)cc1. The number of piperazine rings is 1. The lowest BCUT2D eigenvalue weighted by atomic mass is 10.1. The van der Waals surface area contributed by atoms with Crippen LogP contribution in [0.2, 0.25) is 0 Å². The van der Waals surface area contributed by atoms with Crippen molar-refractivity contribution in [3.63, 3.8) is 0 Å². The molecule has 1 saturated heterocycles. The fourth-order valence-electron chi connectivity index (χ4n) is 3.96.